The molecule has 0 fully saturated rings. The third-order valence-corrected chi connectivity index (χ3v) is 5.20. The summed E-state index contributed by atoms with van der Waals surface area (Å²) in [7, 11) is -3.70. The summed E-state index contributed by atoms with van der Waals surface area (Å²) in [5, 5.41) is 4.35. The van der Waals surface area contributed by atoms with Crippen LogP contribution in [0.3, 0.4) is 0 Å². The van der Waals surface area contributed by atoms with Gasteiger partial charge in [0.05, 0.1) is 19.8 Å². The highest BCUT2D eigenvalue weighted by Crippen LogP contribution is 2.22. The summed E-state index contributed by atoms with van der Waals surface area (Å²) >= 11 is 12.9. The van der Waals surface area contributed by atoms with E-state index < -0.39 is 10.0 Å². The summed E-state index contributed by atoms with van der Waals surface area (Å²) in [6.07, 6.45) is 0. The van der Waals surface area contributed by atoms with E-state index in [2.05, 4.69) is 9.93 Å². The van der Waals surface area contributed by atoms with Crippen LogP contribution < -0.4 is 4.83 Å². The molecule has 1 heterocycles. The van der Waals surface area contributed by atoms with Gasteiger partial charge in [0.25, 0.3) is 10.0 Å². The number of hydrazone groups is 1. The average Bonchev–Trinajstić information content (AvgIpc) is 2.83. The molecule has 0 bridgehead atoms. The van der Waals surface area contributed by atoms with Crippen LogP contribution in [0, 0.1) is 0 Å². The van der Waals surface area contributed by atoms with Crippen LogP contribution in [0.25, 0.3) is 0 Å². The first-order chi connectivity index (χ1) is 9.38. The molecule has 0 unspecified atom stereocenters. The van der Waals surface area contributed by atoms with Crippen molar-refractivity contribution >= 4 is 50.3 Å². The lowest BCUT2D eigenvalue weighted by atomic mass is 10.3. The van der Waals surface area contributed by atoms with Crippen molar-refractivity contribution in [2.75, 3.05) is 0 Å². The van der Waals surface area contributed by atoms with Gasteiger partial charge in [-0.25, -0.2) is 0 Å². The Labute approximate surface area is 131 Å². The Morgan fingerprint density at radius 2 is 1.80 bits per heavy atom. The lowest BCUT2D eigenvalue weighted by Gasteiger charge is -2.04. The minimum absolute atomic E-state index is 0.0997. The van der Waals surface area contributed by atoms with E-state index in [9.17, 15) is 8.42 Å². The summed E-state index contributed by atoms with van der Waals surface area (Å²) in [5.41, 5.74) is 0.541. The van der Waals surface area contributed by atoms with Crippen LogP contribution >= 0.6 is 34.5 Å². The monoisotopic (exact) mass is 348 g/mol. The molecular weight excluding hydrogens is 339 g/mol. The van der Waals surface area contributed by atoms with Crippen LogP contribution in [0.15, 0.2) is 46.4 Å². The number of sulfonamides is 1. The van der Waals surface area contributed by atoms with E-state index in [0.717, 1.165) is 4.88 Å². The third kappa shape index (κ3) is 3.73. The number of rotatable bonds is 4. The lowest BCUT2D eigenvalue weighted by molar-refractivity contribution is 0.584. The first kappa shape index (κ1) is 15.3. The molecule has 0 saturated carbocycles. The average molecular weight is 349 g/mol. The van der Waals surface area contributed by atoms with Gasteiger partial charge in [-0.1, -0.05) is 23.2 Å². The van der Waals surface area contributed by atoms with Crippen LogP contribution in [0.5, 0.6) is 0 Å². The maximum absolute atomic E-state index is 12.0. The van der Waals surface area contributed by atoms with Gasteiger partial charge in [0.2, 0.25) is 0 Å². The topological polar surface area (TPSA) is 58.5 Å². The molecule has 20 heavy (non-hydrogen) atoms. The van der Waals surface area contributed by atoms with Gasteiger partial charge >= 0.3 is 0 Å². The molecule has 0 aliphatic heterocycles. The Morgan fingerprint density at radius 1 is 1.15 bits per heavy atom. The maximum atomic E-state index is 12.0. The van der Waals surface area contributed by atoms with Crippen molar-refractivity contribution in [3.8, 4) is 0 Å². The Balaban J connectivity index is 2.18. The number of benzene rings is 1. The van der Waals surface area contributed by atoms with Crippen LogP contribution in [0.4, 0.5) is 0 Å². The van der Waals surface area contributed by atoms with Gasteiger partial charge in [0.1, 0.15) is 0 Å². The number of hydrogen-bond donors (Lipinski definition) is 1. The molecule has 2 aromatic rings. The number of nitrogens with one attached hydrogen (secondary N) is 1. The lowest BCUT2D eigenvalue weighted by Crippen LogP contribution is -2.19. The number of halogens is 2. The molecule has 8 heteroatoms. The van der Waals surface area contributed by atoms with Gasteiger partial charge in [-0.15, -0.1) is 11.3 Å². The summed E-state index contributed by atoms with van der Waals surface area (Å²) in [5.74, 6) is 0. The first-order valence-electron chi connectivity index (χ1n) is 5.46. The second-order valence-electron chi connectivity index (χ2n) is 3.85. The van der Waals surface area contributed by atoms with Gasteiger partial charge in [0.15, 0.2) is 0 Å². The fourth-order valence-electron chi connectivity index (χ4n) is 1.36. The molecule has 0 aliphatic rings. The van der Waals surface area contributed by atoms with Gasteiger partial charge in [-0.05, 0) is 43.3 Å². The van der Waals surface area contributed by atoms with E-state index in [1.54, 1.807) is 19.1 Å². The van der Waals surface area contributed by atoms with Crippen LogP contribution in [-0.2, 0) is 10.0 Å². The molecule has 0 spiro atoms. The van der Waals surface area contributed by atoms with Crippen molar-refractivity contribution in [1.82, 2.24) is 4.83 Å². The smallest absolute Gasteiger partial charge is 0.200 e. The van der Waals surface area contributed by atoms with Crippen molar-refractivity contribution < 1.29 is 8.42 Å². The van der Waals surface area contributed by atoms with Gasteiger partial charge in [-0.2, -0.15) is 18.4 Å². The normalized spacial score (nSPS) is 12.4. The predicted molar refractivity (Wildman–Crippen MR) is 83.3 cm³/mol. The van der Waals surface area contributed by atoms with E-state index in [-0.39, 0.29) is 4.90 Å². The molecule has 1 aromatic heterocycles. The number of thiophene rings is 1. The van der Waals surface area contributed by atoms with Gasteiger partial charge in [-0.3, -0.25) is 0 Å². The van der Waals surface area contributed by atoms with E-state index in [1.165, 1.54) is 35.6 Å². The van der Waals surface area contributed by atoms with Crippen molar-refractivity contribution in [3.63, 3.8) is 0 Å². The van der Waals surface area contributed by atoms with E-state index >= 15 is 0 Å². The predicted octanol–water partition coefficient (Wildman–Crippen LogP) is 3.76. The summed E-state index contributed by atoms with van der Waals surface area (Å²) in [6, 6.07) is 9.35. The Hall–Kier alpha value is -1.08. The highest BCUT2D eigenvalue weighted by molar-refractivity contribution is 7.89. The Kier molecular flexibility index (Phi) is 4.70. The zero-order valence-corrected chi connectivity index (χ0v) is 13.4. The fourth-order valence-corrected chi connectivity index (χ4v) is 3.33. The largest absolute Gasteiger partial charge is 0.276 e. The maximum Gasteiger partial charge on any atom is 0.276 e. The second-order valence-corrected chi connectivity index (χ2v) is 7.66. The third-order valence-electron chi connectivity index (χ3n) is 2.39. The standard InChI is InChI=1S/C12H10Cl2N2O2S2/c1-8(11-6-7-12(14)19-11)15-16-20(17,18)10-4-2-9(13)3-5-10/h2-7,16H,1H3. The fraction of sp³-hybridized carbons (Fsp3) is 0.0833. The van der Waals surface area contributed by atoms with Crippen molar-refractivity contribution in [1.29, 1.82) is 0 Å². The van der Waals surface area contributed by atoms with Crippen LogP contribution in [-0.4, -0.2) is 14.1 Å². The SMILES string of the molecule is CC(=NNS(=O)(=O)c1ccc(Cl)cc1)c1ccc(Cl)s1. The molecule has 0 atom stereocenters. The molecular formula is C12H10Cl2N2O2S2. The first-order valence-corrected chi connectivity index (χ1v) is 8.51. The van der Waals surface area contributed by atoms with Crippen LogP contribution in [0.2, 0.25) is 9.36 Å². The molecule has 0 radical (unpaired) electrons. The van der Waals surface area contributed by atoms with Gasteiger partial charge in [0, 0.05) is 5.02 Å². The zero-order valence-electron chi connectivity index (χ0n) is 10.3. The van der Waals surface area contributed by atoms with Crippen molar-refractivity contribution in [2.24, 2.45) is 5.10 Å². The molecule has 1 N–H and O–H groups in total. The Morgan fingerprint density at radius 3 is 2.35 bits per heavy atom. The van der Waals surface area contributed by atoms with Gasteiger partial charge < -0.3 is 0 Å². The summed E-state index contributed by atoms with van der Waals surface area (Å²) < 4.78 is 24.6. The van der Waals surface area contributed by atoms with Crippen LogP contribution in [0.1, 0.15) is 11.8 Å². The van der Waals surface area contributed by atoms with Crippen molar-refractivity contribution in [2.45, 2.75) is 11.8 Å². The van der Waals surface area contributed by atoms with E-state index in [0.29, 0.717) is 15.1 Å². The molecule has 1 aromatic carbocycles. The summed E-state index contributed by atoms with van der Waals surface area (Å²) in [4.78, 5) is 3.08. The zero-order chi connectivity index (χ0) is 14.8. The molecule has 106 valence electrons. The quantitative estimate of drug-likeness (QED) is 0.675. The molecule has 0 saturated heterocycles. The highest BCUT2D eigenvalue weighted by atomic mass is 35.5. The minimum atomic E-state index is -3.70. The number of nitrogens with zero attached hydrogens (tertiary/aromatic N) is 1. The van der Waals surface area contributed by atoms with E-state index in [4.69, 9.17) is 23.2 Å². The number of hydrogen-bond acceptors (Lipinski definition) is 4. The van der Waals surface area contributed by atoms with Crippen molar-refractivity contribution in [3.05, 3.63) is 50.6 Å². The molecule has 2 rings (SSSR count). The molecule has 0 aliphatic carbocycles. The molecule has 0 amide bonds. The highest BCUT2D eigenvalue weighted by Gasteiger charge is 2.13. The van der Waals surface area contributed by atoms with E-state index in [1.807, 2.05) is 0 Å². The minimum Gasteiger partial charge on any atom is -0.200 e. The molecule has 4 nitrogen and oxygen atoms in total. The second kappa shape index (κ2) is 6.13. The Bertz CT molecular complexity index is 737. The summed E-state index contributed by atoms with van der Waals surface area (Å²) in [6.45, 7) is 1.70.